The number of rotatable bonds is 4. The summed E-state index contributed by atoms with van der Waals surface area (Å²) in [4.78, 5) is 21.9. The van der Waals surface area contributed by atoms with Crippen molar-refractivity contribution in [2.24, 2.45) is 5.92 Å². The third kappa shape index (κ3) is 3.43. The predicted molar refractivity (Wildman–Crippen MR) is 69.9 cm³/mol. The Labute approximate surface area is 110 Å². The Bertz CT molecular complexity index is 474. The van der Waals surface area contributed by atoms with Gasteiger partial charge in [-0.1, -0.05) is 25.4 Å². The lowest BCUT2D eigenvalue weighted by Gasteiger charge is -2.17. The molecule has 0 bridgehead atoms. The normalized spacial score (nSPS) is 12.3. The Balaban J connectivity index is 2.90. The quantitative estimate of drug-likeness (QED) is 0.675. The smallest absolute Gasteiger partial charge is 0.270 e. The van der Waals surface area contributed by atoms with Crippen molar-refractivity contribution in [2.75, 3.05) is 0 Å². The Morgan fingerprint density at radius 1 is 1.39 bits per heavy atom. The number of non-ortho nitro benzene ring substituents is 1. The monoisotopic (exact) mass is 270 g/mol. The van der Waals surface area contributed by atoms with Gasteiger partial charge in [0.05, 0.1) is 15.5 Å². The van der Waals surface area contributed by atoms with E-state index in [0.717, 1.165) is 0 Å². The van der Waals surface area contributed by atoms with Crippen LogP contribution >= 0.6 is 11.6 Å². The van der Waals surface area contributed by atoms with E-state index in [1.807, 2.05) is 20.8 Å². The fraction of sp³-hybridized carbons (Fsp3) is 0.417. The molecule has 0 aliphatic rings. The Hall–Kier alpha value is -1.62. The fourth-order valence-corrected chi connectivity index (χ4v) is 1.51. The van der Waals surface area contributed by atoms with Gasteiger partial charge in [-0.25, -0.2) is 0 Å². The van der Waals surface area contributed by atoms with Gasteiger partial charge >= 0.3 is 0 Å². The summed E-state index contributed by atoms with van der Waals surface area (Å²) in [6.07, 6.45) is 0. The first kappa shape index (κ1) is 14.4. The second-order valence-corrected chi connectivity index (χ2v) is 4.83. The lowest BCUT2D eigenvalue weighted by molar-refractivity contribution is -0.384. The van der Waals surface area contributed by atoms with Crippen molar-refractivity contribution in [1.29, 1.82) is 0 Å². The Kier molecular flexibility index (Phi) is 4.67. The summed E-state index contributed by atoms with van der Waals surface area (Å²) in [5, 5.41) is 13.4. The van der Waals surface area contributed by atoms with Crippen LogP contribution in [0.4, 0.5) is 5.69 Å². The first-order chi connectivity index (χ1) is 8.32. The summed E-state index contributed by atoms with van der Waals surface area (Å²) in [7, 11) is 0. The predicted octanol–water partition coefficient (Wildman–Crippen LogP) is 3.02. The molecule has 0 radical (unpaired) electrons. The molecule has 6 heteroatoms. The topological polar surface area (TPSA) is 72.2 Å². The fourth-order valence-electron chi connectivity index (χ4n) is 1.25. The SMILES string of the molecule is CC(C)[C@@H](C)NC(=O)c1ccc([N+](=O)[O-])cc1Cl. The van der Waals surface area contributed by atoms with Gasteiger partial charge in [0, 0.05) is 18.2 Å². The maximum atomic E-state index is 11.9. The van der Waals surface area contributed by atoms with Crippen LogP contribution in [0.2, 0.25) is 5.02 Å². The van der Waals surface area contributed by atoms with Gasteiger partial charge in [-0.2, -0.15) is 0 Å². The molecule has 1 aromatic carbocycles. The minimum absolute atomic E-state index is 0.00348. The van der Waals surface area contributed by atoms with Gasteiger partial charge in [0.25, 0.3) is 11.6 Å². The average molecular weight is 271 g/mol. The third-order valence-corrected chi connectivity index (χ3v) is 3.08. The van der Waals surface area contributed by atoms with Crippen LogP contribution in [0.1, 0.15) is 31.1 Å². The zero-order valence-electron chi connectivity index (χ0n) is 10.4. The highest BCUT2D eigenvalue weighted by Gasteiger charge is 2.17. The molecule has 0 fully saturated rings. The Morgan fingerprint density at radius 2 is 2.00 bits per heavy atom. The van der Waals surface area contributed by atoms with Crippen molar-refractivity contribution in [1.82, 2.24) is 5.32 Å². The number of nitrogens with zero attached hydrogens (tertiary/aromatic N) is 1. The summed E-state index contributed by atoms with van der Waals surface area (Å²) >= 11 is 5.87. The molecule has 0 saturated heterocycles. The van der Waals surface area contributed by atoms with E-state index in [-0.39, 0.29) is 28.2 Å². The van der Waals surface area contributed by atoms with Crippen LogP contribution in [0.5, 0.6) is 0 Å². The van der Waals surface area contributed by atoms with Gasteiger partial charge in [0.1, 0.15) is 0 Å². The lowest BCUT2D eigenvalue weighted by atomic mass is 10.1. The molecule has 18 heavy (non-hydrogen) atoms. The van der Waals surface area contributed by atoms with Crippen LogP contribution < -0.4 is 5.32 Å². The van der Waals surface area contributed by atoms with Crippen molar-refractivity contribution in [3.8, 4) is 0 Å². The molecule has 0 saturated carbocycles. The number of hydrogen-bond donors (Lipinski definition) is 1. The van der Waals surface area contributed by atoms with E-state index < -0.39 is 4.92 Å². The summed E-state index contributed by atoms with van der Waals surface area (Å²) < 4.78 is 0. The van der Waals surface area contributed by atoms with Crippen molar-refractivity contribution in [3.05, 3.63) is 38.9 Å². The number of amides is 1. The molecule has 1 rings (SSSR count). The molecule has 0 aliphatic heterocycles. The van der Waals surface area contributed by atoms with E-state index >= 15 is 0 Å². The minimum Gasteiger partial charge on any atom is -0.349 e. The van der Waals surface area contributed by atoms with E-state index in [4.69, 9.17) is 11.6 Å². The highest BCUT2D eigenvalue weighted by molar-refractivity contribution is 6.34. The standard InChI is InChI=1S/C12H15ClN2O3/c1-7(2)8(3)14-12(16)10-5-4-9(15(17)18)6-11(10)13/h4-8H,1-3H3,(H,14,16)/t8-/m1/s1. The average Bonchev–Trinajstić information content (AvgIpc) is 2.28. The van der Waals surface area contributed by atoms with Crippen molar-refractivity contribution in [3.63, 3.8) is 0 Å². The lowest BCUT2D eigenvalue weighted by Crippen LogP contribution is -2.36. The summed E-state index contributed by atoms with van der Waals surface area (Å²) in [5.74, 6) is -0.0260. The van der Waals surface area contributed by atoms with Crippen LogP contribution in [0.15, 0.2) is 18.2 Å². The highest BCUT2D eigenvalue weighted by Crippen LogP contribution is 2.22. The molecule has 0 heterocycles. The molecule has 1 N–H and O–H groups in total. The van der Waals surface area contributed by atoms with E-state index in [1.54, 1.807) is 0 Å². The van der Waals surface area contributed by atoms with Gasteiger partial charge in [0.15, 0.2) is 0 Å². The number of nitro benzene ring substituents is 1. The molecular formula is C12H15ClN2O3. The highest BCUT2D eigenvalue weighted by atomic mass is 35.5. The number of nitrogens with one attached hydrogen (secondary N) is 1. The molecule has 1 aromatic rings. The molecule has 0 unspecified atom stereocenters. The van der Waals surface area contributed by atoms with Crippen LogP contribution in [0.3, 0.4) is 0 Å². The number of carbonyl (C=O) groups is 1. The summed E-state index contributed by atoms with van der Waals surface area (Å²) in [6, 6.07) is 3.81. The maximum Gasteiger partial charge on any atom is 0.270 e. The zero-order chi connectivity index (χ0) is 13.9. The van der Waals surface area contributed by atoms with Gasteiger partial charge in [-0.05, 0) is 18.9 Å². The molecule has 1 amide bonds. The molecule has 1 atom stereocenters. The van der Waals surface area contributed by atoms with E-state index in [1.165, 1.54) is 18.2 Å². The minimum atomic E-state index is -0.551. The van der Waals surface area contributed by atoms with Gasteiger partial charge in [-0.3, -0.25) is 14.9 Å². The number of benzene rings is 1. The van der Waals surface area contributed by atoms with Crippen molar-refractivity contribution >= 4 is 23.2 Å². The van der Waals surface area contributed by atoms with Crippen LogP contribution in [-0.2, 0) is 0 Å². The number of hydrogen-bond acceptors (Lipinski definition) is 3. The second kappa shape index (κ2) is 5.82. The molecule has 0 spiro atoms. The summed E-state index contributed by atoms with van der Waals surface area (Å²) in [5.41, 5.74) is 0.114. The molecule has 0 aromatic heterocycles. The molecule has 0 aliphatic carbocycles. The number of nitro groups is 1. The largest absolute Gasteiger partial charge is 0.349 e. The Morgan fingerprint density at radius 3 is 2.44 bits per heavy atom. The third-order valence-electron chi connectivity index (χ3n) is 2.77. The van der Waals surface area contributed by atoms with Gasteiger partial charge in [0.2, 0.25) is 0 Å². The van der Waals surface area contributed by atoms with Gasteiger partial charge in [-0.15, -0.1) is 0 Å². The number of carbonyl (C=O) groups excluding carboxylic acids is 1. The molecule has 5 nitrogen and oxygen atoms in total. The first-order valence-electron chi connectivity index (χ1n) is 5.57. The van der Waals surface area contributed by atoms with Crippen molar-refractivity contribution in [2.45, 2.75) is 26.8 Å². The second-order valence-electron chi connectivity index (χ2n) is 4.43. The molecule has 98 valence electrons. The van der Waals surface area contributed by atoms with E-state index in [2.05, 4.69) is 5.32 Å². The van der Waals surface area contributed by atoms with Crippen molar-refractivity contribution < 1.29 is 9.72 Å². The van der Waals surface area contributed by atoms with Gasteiger partial charge < -0.3 is 5.32 Å². The van der Waals surface area contributed by atoms with Crippen LogP contribution in [-0.4, -0.2) is 16.9 Å². The first-order valence-corrected chi connectivity index (χ1v) is 5.95. The van der Waals surface area contributed by atoms with E-state index in [9.17, 15) is 14.9 Å². The van der Waals surface area contributed by atoms with E-state index in [0.29, 0.717) is 5.92 Å². The molecular weight excluding hydrogens is 256 g/mol. The van der Waals surface area contributed by atoms with Crippen LogP contribution in [0.25, 0.3) is 0 Å². The maximum absolute atomic E-state index is 11.9. The number of halogens is 1. The summed E-state index contributed by atoms with van der Waals surface area (Å²) in [6.45, 7) is 5.87. The van der Waals surface area contributed by atoms with Crippen LogP contribution in [0, 0.1) is 16.0 Å². The zero-order valence-corrected chi connectivity index (χ0v) is 11.2.